The van der Waals surface area contributed by atoms with Crippen LogP contribution in [0, 0.1) is 0 Å². The first-order chi connectivity index (χ1) is 9.49. The number of rotatable bonds is 4. The van der Waals surface area contributed by atoms with Gasteiger partial charge >= 0.3 is 0 Å². The lowest BCUT2D eigenvalue weighted by Gasteiger charge is -2.23. The Morgan fingerprint density at radius 1 is 1.45 bits per heavy atom. The highest BCUT2D eigenvalue weighted by Gasteiger charge is 2.25. The molecule has 1 fully saturated rings. The minimum absolute atomic E-state index is 0.0347. The highest BCUT2D eigenvalue weighted by molar-refractivity contribution is 7.92. The molecule has 2 heterocycles. The maximum absolute atomic E-state index is 12.1. The first kappa shape index (κ1) is 14.7. The fourth-order valence-electron chi connectivity index (χ4n) is 2.02. The van der Waals surface area contributed by atoms with Gasteiger partial charge in [-0.05, 0) is 25.0 Å². The molecule has 1 aromatic rings. The molecule has 0 unspecified atom stereocenters. The zero-order chi connectivity index (χ0) is 14.6. The number of sulfone groups is 1. The lowest BCUT2D eigenvalue weighted by Crippen LogP contribution is -2.41. The SMILES string of the molecule is Nc1cccnc1S(=O)(=O)CC(=O)NC1CCOCC1. The predicted octanol–water partition coefficient (Wildman–Crippen LogP) is -0.267. The van der Waals surface area contributed by atoms with E-state index < -0.39 is 21.5 Å². The molecular formula is C12H17N3O4S. The van der Waals surface area contributed by atoms with Crippen LogP contribution in [0.4, 0.5) is 5.69 Å². The summed E-state index contributed by atoms with van der Waals surface area (Å²) in [6, 6.07) is 2.94. The van der Waals surface area contributed by atoms with E-state index in [4.69, 9.17) is 10.5 Å². The monoisotopic (exact) mass is 299 g/mol. The average molecular weight is 299 g/mol. The lowest BCUT2D eigenvalue weighted by molar-refractivity contribution is -0.119. The van der Waals surface area contributed by atoms with Crippen LogP contribution >= 0.6 is 0 Å². The molecule has 1 aliphatic rings. The van der Waals surface area contributed by atoms with Crippen molar-refractivity contribution in [1.29, 1.82) is 0 Å². The van der Waals surface area contributed by atoms with Crippen molar-refractivity contribution in [2.75, 3.05) is 24.7 Å². The fourth-order valence-corrected chi connectivity index (χ4v) is 3.23. The molecule has 3 N–H and O–H groups in total. The fraction of sp³-hybridized carbons (Fsp3) is 0.500. The number of carbonyl (C=O) groups is 1. The van der Waals surface area contributed by atoms with Crippen molar-refractivity contribution in [1.82, 2.24) is 10.3 Å². The molecule has 8 heteroatoms. The van der Waals surface area contributed by atoms with Crippen LogP contribution in [0.5, 0.6) is 0 Å². The van der Waals surface area contributed by atoms with Crippen LogP contribution in [0.25, 0.3) is 0 Å². The maximum Gasteiger partial charge on any atom is 0.235 e. The summed E-state index contributed by atoms with van der Waals surface area (Å²) in [5.41, 5.74) is 5.62. The van der Waals surface area contributed by atoms with Gasteiger partial charge in [-0.15, -0.1) is 0 Å². The van der Waals surface area contributed by atoms with Crippen LogP contribution in [0.2, 0.25) is 0 Å². The summed E-state index contributed by atoms with van der Waals surface area (Å²) in [5, 5.41) is 2.45. The summed E-state index contributed by atoms with van der Waals surface area (Å²) in [6.45, 7) is 1.15. The van der Waals surface area contributed by atoms with Crippen LogP contribution in [0.15, 0.2) is 23.4 Å². The van der Waals surface area contributed by atoms with E-state index in [-0.39, 0.29) is 16.8 Å². The number of nitrogens with two attached hydrogens (primary N) is 1. The smallest absolute Gasteiger partial charge is 0.235 e. The highest BCUT2D eigenvalue weighted by Crippen LogP contribution is 2.15. The molecule has 1 aromatic heterocycles. The first-order valence-electron chi connectivity index (χ1n) is 6.29. The molecule has 2 rings (SSSR count). The van der Waals surface area contributed by atoms with Crippen molar-refractivity contribution in [2.24, 2.45) is 0 Å². The topological polar surface area (TPSA) is 111 Å². The minimum atomic E-state index is -3.82. The number of carbonyl (C=O) groups excluding carboxylic acids is 1. The third kappa shape index (κ3) is 3.67. The number of hydrogen-bond acceptors (Lipinski definition) is 6. The van der Waals surface area contributed by atoms with Crippen molar-refractivity contribution < 1.29 is 17.9 Å². The Kier molecular flexibility index (Phi) is 4.56. The average Bonchev–Trinajstić information content (AvgIpc) is 2.39. The third-order valence-electron chi connectivity index (χ3n) is 3.00. The van der Waals surface area contributed by atoms with Gasteiger partial charge in [0.2, 0.25) is 15.7 Å². The van der Waals surface area contributed by atoms with Gasteiger partial charge in [-0.1, -0.05) is 0 Å². The lowest BCUT2D eigenvalue weighted by atomic mass is 10.1. The molecule has 0 spiro atoms. The van der Waals surface area contributed by atoms with Gasteiger partial charge in [0.15, 0.2) is 5.03 Å². The molecule has 0 bridgehead atoms. The van der Waals surface area contributed by atoms with Gasteiger partial charge in [0.05, 0.1) is 5.69 Å². The number of nitrogens with zero attached hydrogens (tertiary/aromatic N) is 1. The second kappa shape index (κ2) is 6.19. The van der Waals surface area contributed by atoms with E-state index >= 15 is 0 Å². The van der Waals surface area contributed by atoms with Gasteiger partial charge in [-0.25, -0.2) is 13.4 Å². The van der Waals surface area contributed by atoms with Gasteiger partial charge < -0.3 is 15.8 Å². The summed E-state index contributed by atoms with van der Waals surface area (Å²) in [6.07, 6.45) is 2.72. The van der Waals surface area contributed by atoms with Gasteiger partial charge in [0.25, 0.3) is 0 Å². The Balaban J connectivity index is 2.01. The summed E-state index contributed by atoms with van der Waals surface area (Å²) < 4.78 is 29.3. The van der Waals surface area contributed by atoms with E-state index in [1.54, 1.807) is 0 Å². The van der Waals surface area contributed by atoms with Crippen LogP contribution in [0.1, 0.15) is 12.8 Å². The van der Waals surface area contributed by atoms with Crippen molar-refractivity contribution in [3.8, 4) is 0 Å². The number of amides is 1. The van der Waals surface area contributed by atoms with Crippen LogP contribution in [-0.2, 0) is 19.4 Å². The number of nitrogens with one attached hydrogen (secondary N) is 1. The Labute approximate surface area is 117 Å². The predicted molar refractivity (Wildman–Crippen MR) is 72.7 cm³/mol. The maximum atomic E-state index is 12.1. The number of hydrogen-bond donors (Lipinski definition) is 2. The van der Waals surface area contributed by atoms with E-state index in [1.165, 1.54) is 18.3 Å². The molecule has 0 saturated carbocycles. The molecule has 1 amide bonds. The molecule has 20 heavy (non-hydrogen) atoms. The number of nitrogen functional groups attached to an aromatic ring is 1. The normalized spacial score (nSPS) is 16.8. The Hall–Kier alpha value is -1.67. The second-order valence-corrected chi connectivity index (χ2v) is 6.52. The molecule has 7 nitrogen and oxygen atoms in total. The standard InChI is InChI=1S/C12H17N3O4S/c13-10-2-1-5-14-12(10)20(17,18)8-11(16)15-9-3-6-19-7-4-9/h1-2,5,9H,3-4,6-8,13H2,(H,15,16). The van der Waals surface area contributed by atoms with Gasteiger partial charge in [-0.2, -0.15) is 0 Å². The molecule has 1 aliphatic heterocycles. The largest absolute Gasteiger partial charge is 0.396 e. The van der Waals surface area contributed by atoms with Crippen molar-refractivity contribution in [3.05, 3.63) is 18.3 Å². The summed E-state index contributed by atoms with van der Waals surface area (Å²) in [5.74, 6) is -1.19. The molecule has 0 aromatic carbocycles. The van der Waals surface area contributed by atoms with Gasteiger partial charge in [-0.3, -0.25) is 4.79 Å². The van der Waals surface area contributed by atoms with Crippen molar-refractivity contribution >= 4 is 21.4 Å². The van der Waals surface area contributed by atoms with Crippen LogP contribution in [0.3, 0.4) is 0 Å². The Morgan fingerprint density at radius 3 is 2.80 bits per heavy atom. The number of anilines is 1. The molecule has 0 radical (unpaired) electrons. The van der Waals surface area contributed by atoms with E-state index in [2.05, 4.69) is 10.3 Å². The summed E-state index contributed by atoms with van der Waals surface area (Å²) >= 11 is 0. The van der Waals surface area contributed by atoms with Gasteiger partial charge in [0.1, 0.15) is 5.75 Å². The van der Waals surface area contributed by atoms with E-state index in [1.807, 2.05) is 0 Å². The Bertz CT molecular complexity index is 582. The van der Waals surface area contributed by atoms with Crippen molar-refractivity contribution in [3.63, 3.8) is 0 Å². The number of aromatic nitrogens is 1. The third-order valence-corrected chi connectivity index (χ3v) is 4.58. The summed E-state index contributed by atoms with van der Waals surface area (Å²) in [7, 11) is -3.82. The molecular weight excluding hydrogens is 282 g/mol. The van der Waals surface area contributed by atoms with Crippen LogP contribution < -0.4 is 11.1 Å². The molecule has 1 saturated heterocycles. The zero-order valence-corrected chi connectivity index (χ0v) is 11.7. The molecule has 110 valence electrons. The molecule has 0 atom stereocenters. The van der Waals surface area contributed by atoms with E-state index in [0.29, 0.717) is 26.1 Å². The highest BCUT2D eigenvalue weighted by atomic mass is 32.2. The first-order valence-corrected chi connectivity index (χ1v) is 7.94. The summed E-state index contributed by atoms with van der Waals surface area (Å²) in [4.78, 5) is 15.5. The zero-order valence-electron chi connectivity index (χ0n) is 10.9. The van der Waals surface area contributed by atoms with Crippen LogP contribution in [-0.4, -0.2) is 44.3 Å². The number of pyridine rings is 1. The molecule has 0 aliphatic carbocycles. The van der Waals surface area contributed by atoms with Gasteiger partial charge in [0, 0.05) is 25.5 Å². The van der Waals surface area contributed by atoms with E-state index in [0.717, 1.165) is 0 Å². The second-order valence-electron chi connectivity index (χ2n) is 4.61. The van der Waals surface area contributed by atoms with E-state index in [9.17, 15) is 13.2 Å². The number of ether oxygens (including phenoxy) is 1. The van der Waals surface area contributed by atoms with Crippen molar-refractivity contribution in [2.45, 2.75) is 23.9 Å². The quantitative estimate of drug-likeness (QED) is 0.792. The minimum Gasteiger partial charge on any atom is -0.396 e. The Morgan fingerprint density at radius 2 is 2.15 bits per heavy atom.